The van der Waals surface area contributed by atoms with Gasteiger partial charge in [-0.25, -0.2) is 0 Å². The topological polar surface area (TPSA) is 79.2 Å². The van der Waals surface area contributed by atoms with Crippen LogP contribution in [0.25, 0.3) is 0 Å². The third kappa shape index (κ3) is 2.10. The van der Waals surface area contributed by atoms with E-state index >= 15 is 0 Å². The van der Waals surface area contributed by atoms with Crippen LogP contribution in [0.15, 0.2) is 0 Å². The van der Waals surface area contributed by atoms with E-state index in [0.717, 1.165) is 6.42 Å². The van der Waals surface area contributed by atoms with Gasteiger partial charge in [0.05, 0.1) is 18.3 Å². The summed E-state index contributed by atoms with van der Waals surface area (Å²) in [5.74, 6) is -1.06. The zero-order chi connectivity index (χ0) is 11.8. The van der Waals surface area contributed by atoms with Crippen molar-refractivity contribution in [1.82, 2.24) is 0 Å². The van der Waals surface area contributed by atoms with Crippen LogP contribution in [0.1, 0.15) is 32.6 Å². The van der Waals surface area contributed by atoms with E-state index in [4.69, 9.17) is 14.6 Å². The summed E-state index contributed by atoms with van der Waals surface area (Å²) >= 11 is 0. The molecule has 2 heterocycles. The second kappa shape index (κ2) is 4.58. The normalized spacial score (nSPS) is 48.8. The highest BCUT2D eigenvalue weighted by molar-refractivity contribution is 4.95. The Morgan fingerprint density at radius 1 is 1.31 bits per heavy atom. The van der Waals surface area contributed by atoms with Gasteiger partial charge in [-0.15, -0.1) is 0 Å². The summed E-state index contributed by atoms with van der Waals surface area (Å²) in [6.45, 7) is 1.94. The lowest BCUT2D eigenvalue weighted by atomic mass is 9.92. The van der Waals surface area contributed by atoms with Gasteiger partial charge in [-0.2, -0.15) is 0 Å². The smallest absolute Gasteiger partial charge is 0.197 e. The second-order valence-corrected chi connectivity index (χ2v) is 4.78. The molecule has 0 aromatic heterocycles. The van der Waals surface area contributed by atoms with Crippen LogP contribution in [0, 0.1) is 0 Å². The molecule has 2 aliphatic rings. The summed E-state index contributed by atoms with van der Waals surface area (Å²) in [5.41, 5.74) is 0. The first-order chi connectivity index (χ1) is 7.57. The molecule has 2 saturated heterocycles. The van der Waals surface area contributed by atoms with Gasteiger partial charge in [0, 0.05) is 19.4 Å². The van der Waals surface area contributed by atoms with E-state index in [1.165, 1.54) is 0 Å². The van der Waals surface area contributed by atoms with Crippen molar-refractivity contribution in [3.8, 4) is 0 Å². The molecular weight excluding hydrogens is 212 g/mol. The number of hydrogen-bond donors (Lipinski definition) is 3. The van der Waals surface area contributed by atoms with Gasteiger partial charge in [0.2, 0.25) is 0 Å². The van der Waals surface area contributed by atoms with Crippen molar-refractivity contribution in [3.63, 3.8) is 0 Å². The van der Waals surface area contributed by atoms with Gasteiger partial charge in [-0.1, -0.05) is 0 Å². The average Bonchev–Trinajstić information content (AvgIpc) is 2.58. The lowest BCUT2D eigenvalue weighted by molar-refractivity contribution is -0.331. The maximum atomic E-state index is 9.97. The molecule has 5 heteroatoms. The van der Waals surface area contributed by atoms with E-state index in [1.807, 2.05) is 6.92 Å². The lowest BCUT2D eigenvalue weighted by Gasteiger charge is -2.44. The summed E-state index contributed by atoms with van der Waals surface area (Å²) in [6, 6.07) is 0. The summed E-state index contributed by atoms with van der Waals surface area (Å²) in [5, 5.41) is 28.7. The molecule has 2 aliphatic heterocycles. The molecule has 16 heavy (non-hydrogen) atoms. The van der Waals surface area contributed by atoms with Crippen LogP contribution in [-0.2, 0) is 9.47 Å². The second-order valence-electron chi connectivity index (χ2n) is 4.78. The fourth-order valence-corrected chi connectivity index (χ4v) is 2.58. The monoisotopic (exact) mass is 232 g/mol. The number of rotatable bonds is 2. The summed E-state index contributed by atoms with van der Waals surface area (Å²) in [6.07, 6.45) is 0.181. The van der Waals surface area contributed by atoms with Gasteiger partial charge >= 0.3 is 0 Å². The molecule has 0 aliphatic carbocycles. The van der Waals surface area contributed by atoms with Crippen molar-refractivity contribution in [2.24, 2.45) is 0 Å². The Morgan fingerprint density at radius 3 is 2.62 bits per heavy atom. The highest BCUT2D eigenvalue weighted by Crippen LogP contribution is 2.41. The Morgan fingerprint density at radius 2 is 2.06 bits per heavy atom. The number of ether oxygens (including phenoxy) is 2. The Balaban J connectivity index is 2.09. The molecule has 0 bridgehead atoms. The maximum absolute atomic E-state index is 9.97. The third-order valence-corrected chi connectivity index (χ3v) is 3.44. The molecule has 2 fully saturated rings. The molecule has 0 unspecified atom stereocenters. The Hall–Kier alpha value is -0.200. The number of hydrogen-bond acceptors (Lipinski definition) is 5. The molecule has 3 N–H and O–H groups in total. The van der Waals surface area contributed by atoms with Crippen LogP contribution in [0.3, 0.4) is 0 Å². The van der Waals surface area contributed by atoms with Crippen molar-refractivity contribution < 1.29 is 24.8 Å². The van der Waals surface area contributed by atoms with Gasteiger partial charge in [0.25, 0.3) is 0 Å². The number of aliphatic hydroxyl groups excluding tert-OH is 3. The van der Waals surface area contributed by atoms with E-state index < -0.39 is 18.0 Å². The molecule has 5 atom stereocenters. The van der Waals surface area contributed by atoms with E-state index in [9.17, 15) is 10.2 Å². The van der Waals surface area contributed by atoms with Gasteiger partial charge in [0.15, 0.2) is 5.79 Å². The van der Waals surface area contributed by atoms with Crippen molar-refractivity contribution in [2.75, 3.05) is 6.61 Å². The highest BCUT2D eigenvalue weighted by atomic mass is 16.7. The summed E-state index contributed by atoms with van der Waals surface area (Å²) in [7, 11) is 0. The zero-order valence-electron chi connectivity index (χ0n) is 9.50. The first kappa shape index (κ1) is 12.3. The summed E-state index contributed by atoms with van der Waals surface area (Å²) < 4.78 is 11.4. The van der Waals surface area contributed by atoms with Crippen LogP contribution >= 0.6 is 0 Å². The first-order valence-electron chi connectivity index (χ1n) is 5.90. The van der Waals surface area contributed by atoms with Crippen LogP contribution in [0.4, 0.5) is 0 Å². The fraction of sp³-hybridized carbons (Fsp3) is 1.00. The van der Waals surface area contributed by atoms with Gasteiger partial charge in [-0.05, 0) is 19.8 Å². The third-order valence-electron chi connectivity index (χ3n) is 3.44. The SMILES string of the molecule is C[C@@H]1CC[C@@]2(O[C@@H](CCO)C[C@H](O)[C@H]2O)O1. The molecule has 0 amide bonds. The van der Waals surface area contributed by atoms with Crippen molar-refractivity contribution in [1.29, 1.82) is 0 Å². The molecule has 2 rings (SSSR count). The van der Waals surface area contributed by atoms with Gasteiger partial charge < -0.3 is 24.8 Å². The minimum absolute atomic E-state index is 0.0130. The van der Waals surface area contributed by atoms with E-state index in [1.54, 1.807) is 0 Å². The molecule has 94 valence electrons. The first-order valence-corrected chi connectivity index (χ1v) is 5.90. The highest BCUT2D eigenvalue weighted by Gasteiger charge is 2.53. The quantitative estimate of drug-likeness (QED) is 0.613. The zero-order valence-corrected chi connectivity index (χ0v) is 9.50. The lowest BCUT2D eigenvalue weighted by Crippen LogP contribution is -2.58. The number of aliphatic hydroxyl groups is 3. The van der Waals surface area contributed by atoms with Crippen LogP contribution < -0.4 is 0 Å². The van der Waals surface area contributed by atoms with Gasteiger partial charge in [0.1, 0.15) is 6.10 Å². The van der Waals surface area contributed by atoms with Crippen LogP contribution in [-0.4, -0.2) is 52.1 Å². The predicted octanol–water partition coefficient (Wildman–Crippen LogP) is -0.225. The minimum atomic E-state index is -1.06. The van der Waals surface area contributed by atoms with Gasteiger partial charge in [-0.3, -0.25) is 0 Å². The maximum Gasteiger partial charge on any atom is 0.197 e. The molecule has 1 spiro atoms. The molecule has 0 radical (unpaired) electrons. The van der Waals surface area contributed by atoms with E-state index in [-0.39, 0.29) is 18.8 Å². The molecule has 0 saturated carbocycles. The van der Waals surface area contributed by atoms with Crippen LogP contribution in [0.5, 0.6) is 0 Å². The van der Waals surface area contributed by atoms with E-state index in [0.29, 0.717) is 19.3 Å². The largest absolute Gasteiger partial charge is 0.396 e. The Bertz CT molecular complexity index is 247. The van der Waals surface area contributed by atoms with E-state index in [2.05, 4.69) is 0 Å². The fourth-order valence-electron chi connectivity index (χ4n) is 2.58. The molecular formula is C11H20O5. The Kier molecular flexibility index (Phi) is 3.51. The predicted molar refractivity (Wildman–Crippen MR) is 55.7 cm³/mol. The standard InChI is InChI=1S/C11H20O5/c1-7-2-4-11(15-7)10(14)9(13)6-8(16-11)3-5-12/h7-10,12-14H,2-6H2,1H3/t7-,8+,9+,10-,11+/m1/s1. The van der Waals surface area contributed by atoms with Crippen molar-refractivity contribution in [3.05, 3.63) is 0 Å². The average molecular weight is 232 g/mol. The molecule has 5 nitrogen and oxygen atoms in total. The Labute approximate surface area is 95.0 Å². The molecule has 0 aromatic carbocycles. The molecule has 0 aromatic rings. The van der Waals surface area contributed by atoms with Crippen molar-refractivity contribution >= 4 is 0 Å². The van der Waals surface area contributed by atoms with Crippen LogP contribution in [0.2, 0.25) is 0 Å². The summed E-state index contributed by atoms with van der Waals surface area (Å²) in [4.78, 5) is 0. The van der Waals surface area contributed by atoms with Crippen molar-refractivity contribution in [2.45, 2.75) is 62.8 Å². The minimum Gasteiger partial charge on any atom is -0.396 e.